The molecule has 70 valence electrons. The highest BCUT2D eigenvalue weighted by Crippen LogP contribution is 2.23. The molecule has 1 N–H and O–H groups in total. The van der Waals surface area contributed by atoms with Gasteiger partial charge in [-0.1, -0.05) is 26.0 Å². The summed E-state index contributed by atoms with van der Waals surface area (Å²) < 4.78 is 0. The van der Waals surface area contributed by atoms with Gasteiger partial charge >= 0.3 is 0 Å². The van der Waals surface area contributed by atoms with E-state index in [-0.39, 0.29) is 11.5 Å². The maximum Gasteiger partial charge on any atom is 0.166 e. The van der Waals surface area contributed by atoms with E-state index in [1.165, 1.54) is 0 Å². The molecule has 0 unspecified atom stereocenters. The number of aryl methyl sites for hydroxylation is 1. The second-order valence-corrected chi connectivity index (χ2v) is 2.94. The molecule has 0 atom stereocenters. The Morgan fingerprint density at radius 3 is 2.62 bits per heavy atom. The van der Waals surface area contributed by atoms with Crippen molar-refractivity contribution in [3.63, 3.8) is 0 Å². The number of Topliss-reactive ketones (excluding diaryl/α,β-unsaturated/α-hetero) is 1. The van der Waals surface area contributed by atoms with E-state index in [1.54, 1.807) is 19.1 Å². The molecular weight excluding hydrogens is 164 g/mol. The third-order valence-corrected chi connectivity index (χ3v) is 2.12. The van der Waals surface area contributed by atoms with E-state index in [0.717, 1.165) is 12.0 Å². The van der Waals surface area contributed by atoms with Crippen molar-refractivity contribution >= 4 is 5.78 Å². The Morgan fingerprint density at radius 1 is 1.38 bits per heavy atom. The monoisotopic (exact) mass is 178 g/mol. The van der Waals surface area contributed by atoms with E-state index >= 15 is 0 Å². The van der Waals surface area contributed by atoms with Crippen molar-refractivity contribution < 1.29 is 9.90 Å². The van der Waals surface area contributed by atoms with Gasteiger partial charge in [0.1, 0.15) is 5.75 Å². The summed E-state index contributed by atoms with van der Waals surface area (Å²) in [6.45, 7) is 3.75. The van der Waals surface area contributed by atoms with Crippen molar-refractivity contribution in [1.82, 2.24) is 0 Å². The van der Waals surface area contributed by atoms with Crippen LogP contribution in [0.4, 0.5) is 0 Å². The van der Waals surface area contributed by atoms with Gasteiger partial charge in [-0.3, -0.25) is 4.79 Å². The van der Waals surface area contributed by atoms with E-state index in [1.807, 2.05) is 13.0 Å². The number of benzene rings is 1. The minimum Gasteiger partial charge on any atom is -0.507 e. The molecule has 2 heteroatoms. The van der Waals surface area contributed by atoms with E-state index in [9.17, 15) is 9.90 Å². The fourth-order valence-corrected chi connectivity index (χ4v) is 1.29. The van der Waals surface area contributed by atoms with Gasteiger partial charge in [0.25, 0.3) is 0 Å². The van der Waals surface area contributed by atoms with E-state index in [0.29, 0.717) is 12.0 Å². The van der Waals surface area contributed by atoms with Crippen LogP contribution in [0.2, 0.25) is 0 Å². The second-order valence-electron chi connectivity index (χ2n) is 2.94. The number of phenolic OH excluding ortho intramolecular Hbond substituents is 1. The van der Waals surface area contributed by atoms with Gasteiger partial charge in [-0.25, -0.2) is 0 Å². The minimum absolute atomic E-state index is 0.00667. The van der Waals surface area contributed by atoms with Gasteiger partial charge < -0.3 is 5.11 Å². The Hall–Kier alpha value is -1.31. The highest BCUT2D eigenvalue weighted by Gasteiger charge is 2.10. The van der Waals surface area contributed by atoms with Gasteiger partial charge in [-0.2, -0.15) is 0 Å². The standard InChI is InChI=1S/C11H14O2/c1-3-8-6-5-7-9(11(8)13)10(12)4-2/h5-7,13H,3-4H2,1-2H3. The fraction of sp³-hybridized carbons (Fsp3) is 0.364. The van der Waals surface area contributed by atoms with Crippen molar-refractivity contribution in [3.8, 4) is 5.75 Å². The number of hydrogen-bond acceptors (Lipinski definition) is 2. The summed E-state index contributed by atoms with van der Waals surface area (Å²) in [4.78, 5) is 11.3. The molecule has 1 rings (SSSR count). The summed E-state index contributed by atoms with van der Waals surface area (Å²) in [7, 11) is 0. The third-order valence-electron chi connectivity index (χ3n) is 2.12. The molecule has 2 nitrogen and oxygen atoms in total. The normalized spacial score (nSPS) is 10.0. The molecule has 0 heterocycles. The Balaban J connectivity index is 3.15. The molecule has 0 aliphatic rings. The first-order chi connectivity index (χ1) is 6.20. The molecule has 0 aliphatic carbocycles. The SMILES string of the molecule is CCC(=O)c1cccc(CC)c1O. The molecule has 1 aromatic carbocycles. The molecule has 0 saturated carbocycles. The summed E-state index contributed by atoms with van der Waals surface area (Å²) in [5.41, 5.74) is 1.28. The highest BCUT2D eigenvalue weighted by atomic mass is 16.3. The average Bonchev–Trinajstić information content (AvgIpc) is 2.17. The first kappa shape index (κ1) is 9.78. The van der Waals surface area contributed by atoms with Crippen LogP contribution in [-0.4, -0.2) is 10.9 Å². The Labute approximate surface area is 78.2 Å². The molecule has 0 fully saturated rings. The summed E-state index contributed by atoms with van der Waals surface area (Å²) in [6.07, 6.45) is 1.18. The second kappa shape index (κ2) is 4.08. The fourth-order valence-electron chi connectivity index (χ4n) is 1.29. The summed E-state index contributed by atoms with van der Waals surface area (Å²) >= 11 is 0. The first-order valence-corrected chi connectivity index (χ1v) is 4.54. The maximum absolute atomic E-state index is 11.3. The Morgan fingerprint density at radius 2 is 2.08 bits per heavy atom. The van der Waals surface area contributed by atoms with Gasteiger partial charge in [0.2, 0.25) is 0 Å². The zero-order valence-corrected chi connectivity index (χ0v) is 8.00. The van der Waals surface area contributed by atoms with E-state index in [4.69, 9.17) is 0 Å². The molecule has 0 amide bonds. The molecular formula is C11H14O2. The lowest BCUT2D eigenvalue weighted by Gasteiger charge is -2.05. The smallest absolute Gasteiger partial charge is 0.166 e. The summed E-state index contributed by atoms with van der Waals surface area (Å²) in [6, 6.07) is 5.31. The Bertz CT molecular complexity index is 316. The molecule has 0 radical (unpaired) electrons. The predicted octanol–water partition coefficient (Wildman–Crippen LogP) is 2.55. The van der Waals surface area contributed by atoms with E-state index < -0.39 is 0 Å². The minimum atomic E-state index is -0.00667. The van der Waals surface area contributed by atoms with Crippen molar-refractivity contribution in [2.75, 3.05) is 0 Å². The van der Waals surface area contributed by atoms with Crippen molar-refractivity contribution in [2.45, 2.75) is 26.7 Å². The number of rotatable bonds is 3. The number of para-hydroxylation sites is 1. The van der Waals surface area contributed by atoms with Crippen molar-refractivity contribution in [3.05, 3.63) is 29.3 Å². The van der Waals surface area contributed by atoms with Gasteiger partial charge in [0, 0.05) is 6.42 Å². The van der Waals surface area contributed by atoms with Crippen molar-refractivity contribution in [1.29, 1.82) is 0 Å². The van der Waals surface area contributed by atoms with Crippen LogP contribution in [0.15, 0.2) is 18.2 Å². The zero-order valence-electron chi connectivity index (χ0n) is 8.00. The van der Waals surface area contributed by atoms with Gasteiger partial charge in [-0.05, 0) is 18.1 Å². The van der Waals surface area contributed by atoms with Crippen LogP contribution in [-0.2, 0) is 6.42 Å². The predicted molar refractivity (Wildman–Crippen MR) is 52.1 cm³/mol. The highest BCUT2D eigenvalue weighted by molar-refractivity contribution is 5.98. The lowest BCUT2D eigenvalue weighted by Crippen LogP contribution is -1.98. The molecule has 0 aromatic heterocycles. The average molecular weight is 178 g/mol. The largest absolute Gasteiger partial charge is 0.507 e. The van der Waals surface area contributed by atoms with Gasteiger partial charge in [-0.15, -0.1) is 0 Å². The topological polar surface area (TPSA) is 37.3 Å². The lowest BCUT2D eigenvalue weighted by atomic mass is 10.0. The zero-order chi connectivity index (χ0) is 9.84. The van der Waals surface area contributed by atoms with Gasteiger partial charge in [0.05, 0.1) is 5.56 Å². The van der Waals surface area contributed by atoms with Crippen LogP contribution in [0.25, 0.3) is 0 Å². The van der Waals surface area contributed by atoms with Crippen LogP contribution in [0, 0.1) is 0 Å². The van der Waals surface area contributed by atoms with E-state index in [2.05, 4.69) is 0 Å². The molecule has 0 spiro atoms. The first-order valence-electron chi connectivity index (χ1n) is 4.54. The Kier molecular flexibility index (Phi) is 3.07. The van der Waals surface area contributed by atoms with Crippen LogP contribution in [0.3, 0.4) is 0 Å². The maximum atomic E-state index is 11.3. The van der Waals surface area contributed by atoms with Gasteiger partial charge in [0.15, 0.2) is 5.78 Å². The van der Waals surface area contributed by atoms with Crippen LogP contribution < -0.4 is 0 Å². The number of aromatic hydroxyl groups is 1. The number of ketones is 1. The molecule has 0 saturated heterocycles. The number of hydrogen-bond donors (Lipinski definition) is 1. The van der Waals surface area contributed by atoms with Crippen LogP contribution >= 0.6 is 0 Å². The van der Waals surface area contributed by atoms with Crippen molar-refractivity contribution in [2.24, 2.45) is 0 Å². The number of carbonyl (C=O) groups is 1. The molecule has 0 bridgehead atoms. The van der Waals surface area contributed by atoms with Crippen LogP contribution in [0.5, 0.6) is 5.75 Å². The quantitative estimate of drug-likeness (QED) is 0.722. The molecule has 1 aromatic rings. The summed E-state index contributed by atoms with van der Waals surface area (Å²) in [5.74, 6) is 0.143. The molecule has 0 aliphatic heterocycles. The summed E-state index contributed by atoms with van der Waals surface area (Å²) in [5, 5.41) is 9.67. The lowest BCUT2D eigenvalue weighted by molar-refractivity contribution is 0.0985. The van der Waals surface area contributed by atoms with Crippen LogP contribution in [0.1, 0.15) is 36.2 Å². The molecule has 13 heavy (non-hydrogen) atoms. The number of phenols is 1. The third kappa shape index (κ3) is 1.89. The number of carbonyl (C=O) groups excluding carboxylic acids is 1.